The van der Waals surface area contributed by atoms with Gasteiger partial charge in [-0.2, -0.15) is 0 Å². The molecule has 0 bridgehead atoms. The summed E-state index contributed by atoms with van der Waals surface area (Å²) in [6.45, 7) is 4.24. The summed E-state index contributed by atoms with van der Waals surface area (Å²) in [4.78, 5) is 14.5. The molecule has 3 unspecified atom stereocenters. The van der Waals surface area contributed by atoms with Crippen molar-refractivity contribution in [2.75, 3.05) is 34.4 Å². The molecule has 1 saturated carbocycles. The van der Waals surface area contributed by atoms with E-state index in [-0.39, 0.29) is 11.6 Å². The number of hydrogen-bond donors (Lipinski definition) is 1. The van der Waals surface area contributed by atoms with E-state index in [1.807, 2.05) is 7.05 Å². The van der Waals surface area contributed by atoms with Gasteiger partial charge >= 0.3 is 5.97 Å². The van der Waals surface area contributed by atoms with E-state index in [1.54, 1.807) is 7.11 Å². The minimum Gasteiger partial charge on any atom is -0.468 e. The van der Waals surface area contributed by atoms with Crippen molar-refractivity contribution < 1.29 is 14.3 Å². The van der Waals surface area contributed by atoms with Crippen LogP contribution in [0.5, 0.6) is 0 Å². The quantitative estimate of drug-likeness (QED) is 0.785. The number of methoxy groups -OCH3 is 2. The number of likely N-dealkylation sites (tertiary alicyclic amines) is 1. The molecule has 1 heterocycles. The van der Waals surface area contributed by atoms with Crippen molar-refractivity contribution in [1.29, 1.82) is 0 Å². The average Bonchev–Trinajstić information content (AvgIpc) is 2.92. The fraction of sp³-hybridized carbons (Fsp3) is 0.933. The van der Waals surface area contributed by atoms with Gasteiger partial charge in [-0.15, -0.1) is 0 Å². The summed E-state index contributed by atoms with van der Waals surface area (Å²) >= 11 is 0. The number of carbonyl (C=O) groups is 1. The molecule has 2 rings (SSSR count). The van der Waals surface area contributed by atoms with Crippen LogP contribution in [0.15, 0.2) is 0 Å². The molecular formula is C15H28N2O3. The van der Waals surface area contributed by atoms with E-state index < -0.39 is 5.54 Å². The predicted octanol–water partition coefficient (Wildman–Crippen LogP) is 1.17. The second kappa shape index (κ2) is 6.00. The number of hydrogen-bond acceptors (Lipinski definition) is 5. The molecule has 0 aromatic carbocycles. The maximum Gasteiger partial charge on any atom is 0.326 e. The number of esters is 1. The van der Waals surface area contributed by atoms with Gasteiger partial charge in [0, 0.05) is 19.7 Å². The molecule has 20 heavy (non-hydrogen) atoms. The molecule has 1 saturated heterocycles. The zero-order valence-electron chi connectivity index (χ0n) is 13.2. The molecule has 116 valence electrons. The Bertz CT molecular complexity index is 363. The van der Waals surface area contributed by atoms with E-state index >= 15 is 0 Å². The van der Waals surface area contributed by atoms with Gasteiger partial charge in [-0.3, -0.25) is 9.69 Å². The molecule has 2 fully saturated rings. The number of nitrogens with one attached hydrogen (secondary N) is 1. The van der Waals surface area contributed by atoms with E-state index in [9.17, 15) is 4.79 Å². The zero-order valence-corrected chi connectivity index (χ0v) is 13.2. The van der Waals surface area contributed by atoms with Crippen molar-refractivity contribution in [2.45, 2.75) is 56.2 Å². The van der Waals surface area contributed by atoms with Crippen LogP contribution in [0.3, 0.4) is 0 Å². The monoisotopic (exact) mass is 284 g/mol. The van der Waals surface area contributed by atoms with Crippen LogP contribution in [-0.4, -0.2) is 62.4 Å². The molecule has 1 aliphatic heterocycles. The number of rotatable bonds is 4. The summed E-state index contributed by atoms with van der Waals surface area (Å²) in [5, 5.41) is 3.20. The Kier molecular flexibility index (Phi) is 4.72. The third-order valence-corrected chi connectivity index (χ3v) is 5.24. The van der Waals surface area contributed by atoms with Crippen molar-refractivity contribution in [3.8, 4) is 0 Å². The predicted molar refractivity (Wildman–Crippen MR) is 77.7 cm³/mol. The van der Waals surface area contributed by atoms with Crippen LogP contribution < -0.4 is 5.32 Å². The topological polar surface area (TPSA) is 50.8 Å². The van der Waals surface area contributed by atoms with Gasteiger partial charge in [0.2, 0.25) is 0 Å². The highest BCUT2D eigenvalue weighted by atomic mass is 16.5. The Hall–Kier alpha value is -0.650. The fourth-order valence-corrected chi connectivity index (χ4v) is 3.76. The zero-order chi connectivity index (χ0) is 14.8. The van der Waals surface area contributed by atoms with Crippen molar-refractivity contribution >= 4 is 5.97 Å². The standard InChI is InChI=1S/C15H28N2O3/c1-14(20-4)7-5-9-17(11-14)12-6-8-15(10-12,16-2)13(18)19-3/h12,16H,5-11H2,1-4H3. The highest BCUT2D eigenvalue weighted by Gasteiger charge is 2.48. The molecule has 1 aliphatic carbocycles. The molecule has 0 aromatic rings. The van der Waals surface area contributed by atoms with Gasteiger partial charge < -0.3 is 14.8 Å². The second-order valence-corrected chi connectivity index (χ2v) is 6.45. The molecule has 1 N–H and O–H groups in total. The Labute approximate surface area is 122 Å². The van der Waals surface area contributed by atoms with Crippen molar-refractivity contribution in [1.82, 2.24) is 10.2 Å². The van der Waals surface area contributed by atoms with Crippen LogP contribution in [0.25, 0.3) is 0 Å². The maximum atomic E-state index is 12.1. The Morgan fingerprint density at radius 2 is 2.10 bits per heavy atom. The third kappa shape index (κ3) is 2.85. The number of likely N-dealkylation sites (N-methyl/N-ethyl adjacent to an activating group) is 1. The lowest BCUT2D eigenvalue weighted by Gasteiger charge is -2.42. The van der Waals surface area contributed by atoms with Crippen LogP contribution in [-0.2, 0) is 14.3 Å². The van der Waals surface area contributed by atoms with Gasteiger partial charge in [-0.1, -0.05) is 0 Å². The van der Waals surface area contributed by atoms with Crippen LogP contribution in [0.4, 0.5) is 0 Å². The summed E-state index contributed by atoms with van der Waals surface area (Å²) in [5.41, 5.74) is -0.547. The van der Waals surface area contributed by atoms with Crippen molar-refractivity contribution in [3.05, 3.63) is 0 Å². The van der Waals surface area contributed by atoms with E-state index in [1.165, 1.54) is 7.11 Å². The van der Waals surface area contributed by atoms with Gasteiger partial charge in [-0.25, -0.2) is 0 Å². The van der Waals surface area contributed by atoms with E-state index in [4.69, 9.17) is 9.47 Å². The minimum atomic E-state index is -0.500. The Morgan fingerprint density at radius 3 is 2.70 bits per heavy atom. The van der Waals surface area contributed by atoms with Gasteiger partial charge in [0.1, 0.15) is 5.54 Å². The van der Waals surface area contributed by atoms with Crippen molar-refractivity contribution in [2.24, 2.45) is 0 Å². The molecule has 0 radical (unpaired) electrons. The van der Waals surface area contributed by atoms with E-state index in [2.05, 4.69) is 17.1 Å². The van der Waals surface area contributed by atoms with Gasteiger partial charge in [0.15, 0.2) is 0 Å². The first-order valence-corrected chi connectivity index (χ1v) is 7.55. The Morgan fingerprint density at radius 1 is 1.35 bits per heavy atom. The SMILES string of the molecule is CNC1(C(=O)OC)CCC(N2CCCC(C)(OC)C2)C1. The smallest absolute Gasteiger partial charge is 0.326 e. The van der Waals surface area contributed by atoms with Crippen LogP contribution in [0.1, 0.15) is 39.0 Å². The van der Waals surface area contributed by atoms with E-state index in [0.717, 1.165) is 45.2 Å². The first-order chi connectivity index (χ1) is 9.48. The summed E-state index contributed by atoms with van der Waals surface area (Å²) < 4.78 is 10.6. The van der Waals surface area contributed by atoms with Gasteiger partial charge in [0.25, 0.3) is 0 Å². The van der Waals surface area contributed by atoms with Crippen molar-refractivity contribution in [3.63, 3.8) is 0 Å². The highest BCUT2D eigenvalue weighted by Crippen LogP contribution is 2.36. The lowest BCUT2D eigenvalue weighted by atomic mass is 9.92. The van der Waals surface area contributed by atoms with Crippen LogP contribution in [0, 0.1) is 0 Å². The maximum absolute atomic E-state index is 12.1. The minimum absolute atomic E-state index is 0.0472. The van der Waals surface area contributed by atoms with Gasteiger partial charge in [-0.05, 0) is 52.6 Å². The molecular weight excluding hydrogens is 256 g/mol. The molecule has 0 aromatic heterocycles. The fourth-order valence-electron chi connectivity index (χ4n) is 3.76. The number of piperidine rings is 1. The summed E-state index contributed by atoms with van der Waals surface area (Å²) in [6, 6.07) is 0.441. The molecule has 3 atom stereocenters. The second-order valence-electron chi connectivity index (χ2n) is 6.45. The van der Waals surface area contributed by atoms with Crippen LogP contribution in [0.2, 0.25) is 0 Å². The number of nitrogens with zero attached hydrogens (tertiary/aromatic N) is 1. The molecule has 0 amide bonds. The first-order valence-electron chi connectivity index (χ1n) is 7.55. The first kappa shape index (κ1) is 15.7. The van der Waals surface area contributed by atoms with Gasteiger partial charge in [0.05, 0.1) is 12.7 Å². The molecule has 0 spiro atoms. The lowest BCUT2D eigenvalue weighted by molar-refractivity contribution is -0.148. The normalized spacial score (nSPS) is 38.9. The Balaban J connectivity index is 2.03. The molecule has 5 nitrogen and oxygen atoms in total. The summed E-state index contributed by atoms with van der Waals surface area (Å²) in [7, 11) is 5.12. The third-order valence-electron chi connectivity index (χ3n) is 5.24. The number of carbonyl (C=O) groups excluding carboxylic acids is 1. The summed E-state index contributed by atoms with van der Waals surface area (Å²) in [6.07, 6.45) is 4.99. The lowest BCUT2D eigenvalue weighted by Crippen LogP contribution is -2.53. The average molecular weight is 284 g/mol. The highest BCUT2D eigenvalue weighted by molar-refractivity contribution is 5.81. The number of ether oxygens (including phenoxy) is 2. The summed E-state index contributed by atoms with van der Waals surface area (Å²) in [5.74, 6) is -0.131. The molecule has 2 aliphatic rings. The van der Waals surface area contributed by atoms with E-state index in [0.29, 0.717) is 6.04 Å². The van der Waals surface area contributed by atoms with Crippen LogP contribution >= 0.6 is 0 Å². The molecule has 5 heteroatoms. The largest absolute Gasteiger partial charge is 0.468 e.